The Balaban J connectivity index is 2.00. The maximum Gasteiger partial charge on any atom is 0.255 e. The van der Waals surface area contributed by atoms with Gasteiger partial charge in [-0.1, -0.05) is 13.8 Å². The molecule has 0 spiro atoms. The Labute approximate surface area is 110 Å². The van der Waals surface area contributed by atoms with Crippen LogP contribution in [-0.2, 0) is 9.53 Å². The quantitative estimate of drug-likeness (QED) is 0.771. The summed E-state index contributed by atoms with van der Waals surface area (Å²) in [5.74, 6) is 0.941. The molecule has 1 saturated heterocycles. The lowest BCUT2D eigenvalue weighted by Gasteiger charge is -2.42. The zero-order chi connectivity index (χ0) is 13.2. The van der Waals surface area contributed by atoms with Gasteiger partial charge >= 0.3 is 0 Å². The van der Waals surface area contributed by atoms with E-state index in [0.717, 1.165) is 32.5 Å². The fraction of sp³-hybridized carbons (Fsp3) is 0.933. The van der Waals surface area contributed by atoms with Gasteiger partial charge in [0.1, 0.15) is 0 Å². The van der Waals surface area contributed by atoms with Crippen LogP contribution in [0.4, 0.5) is 0 Å². The summed E-state index contributed by atoms with van der Waals surface area (Å²) in [7, 11) is 0. The minimum atomic E-state index is -0.503. The summed E-state index contributed by atoms with van der Waals surface area (Å²) in [5.41, 5.74) is -0.211. The Kier molecular flexibility index (Phi) is 2.42. The van der Waals surface area contributed by atoms with E-state index in [1.807, 2.05) is 4.90 Å². The van der Waals surface area contributed by atoms with Gasteiger partial charge in [0, 0.05) is 23.9 Å². The number of hydrogen-bond donors (Lipinski definition) is 0. The van der Waals surface area contributed by atoms with Crippen LogP contribution in [0.1, 0.15) is 47.0 Å². The SMILES string of the molecule is CCN(CC)C(=O)[C@@]12C[C@H]3CC[C@]1(C)[C@@]3(C)CO2. The summed E-state index contributed by atoms with van der Waals surface area (Å²) in [4.78, 5) is 14.9. The highest BCUT2D eigenvalue weighted by atomic mass is 16.5. The van der Waals surface area contributed by atoms with Crippen molar-refractivity contribution >= 4 is 5.91 Å². The highest BCUT2D eigenvalue weighted by Crippen LogP contribution is 2.75. The third kappa shape index (κ3) is 1.05. The van der Waals surface area contributed by atoms with Crippen molar-refractivity contribution < 1.29 is 9.53 Å². The predicted octanol–water partition coefficient (Wildman–Crippen LogP) is 2.45. The van der Waals surface area contributed by atoms with Crippen molar-refractivity contribution in [1.29, 1.82) is 0 Å². The molecule has 1 heterocycles. The van der Waals surface area contributed by atoms with Crippen LogP contribution in [0.15, 0.2) is 0 Å². The molecule has 3 heteroatoms. The van der Waals surface area contributed by atoms with Crippen LogP contribution in [0.25, 0.3) is 0 Å². The zero-order valence-electron chi connectivity index (χ0n) is 12.1. The number of rotatable bonds is 3. The van der Waals surface area contributed by atoms with E-state index < -0.39 is 5.60 Å². The second-order valence-corrected chi connectivity index (χ2v) is 6.78. The predicted molar refractivity (Wildman–Crippen MR) is 70.2 cm³/mol. The molecule has 3 nitrogen and oxygen atoms in total. The average Bonchev–Trinajstić information content (AvgIpc) is 2.83. The Morgan fingerprint density at radius 2 is 2.00 bits per heavy atom. The van der Waals surface area contributed by atoms with Crippen LogP contribution in [0, 0.1) is 16.7 Å². The van der Waals surface area contributed by atoms with Crippen molar-refractivity contribution in [1.82, 2.24) is 4.90 Å². The minimum Gasteiger partial charge on any atom is -0.364 e. The molecule has 0 radical (unpaired) electrons. The average molecular weight is 251 g/mol. The van der Waals surface area contributed by atoms with Crippen LogP contribution in [0.5, 0.6) is 0 Å². The molecule has 18 heavy (non-hydrogen) atoms. The Bertz CT molecular complexity index is 392. The molecule has 2 aliphatic carbocycles. The minimum absolute atomic E-state index is 0.0599. The number of amides is 1. The molecule has 3 aliphatic rings. The Morgan fingerprint density at radius 3 is 2.50 bits per heavy atom. The molecule has 1 amide bonds. The fourth-order valence-electron chi connectivity index (χ4n) is 5.00. The lowest BCUT2D eigenvalue weighted by molar-refractivity contribution is -0.166. The number of carbonyl (C=O) groups is 1. The highest BCUT2D eigenvalue weighted by Gasteiger charge is 2.78. The van der Waals surface area contributed by atoms with Crippen molar-refractivity contribution in [2.75, 3.05) is 19.7 Å². The molecule has 4 atom stereocenters. The first kappa shape index (κ1) is 12.5. The molecule has 2 saturated carbocycles. The standard InChI is InChI=1S/C15H25NO2/c1-5-16(6-2)12(17)15-9-11-7-8-14(15,4)13(11,3)10-18-15/h11H,5-10H2,1-4H3/t11-,13+,14-,15+/m1/s1. The largest absolute Gasteiger partial charge is 0.364 e. The Hall–Kier alpha value is -0.570. The third-order valence-electron chi connectivity index (χ3n) is 6.59. The van der Waals surface area contributed by atoms with Gasteiger partial charge in [0.2, 0.25) is 0 Å². The molecule has 0 aromatic heterocycles. The monoisotopic (exact) mass is 251 g/mol. The van der Waals surface area contributed by atoms with Gasteiger partial charge < -0.3 is 9.64 Å². The second-order valence-electron chi connectivity index (χ2n) is 6.78. The topological polar surface area (TPSA) is 29.5 Å². The summed E-state index contributed by atoms with van der Waals surface area (Å²) < 4.78 is 6.13. The lowest BCUT2D eigenvalue weighted by atomic mass is 9.66. The Morgan fingerprint density at radius 1 is 1.33 bits per heavy atom. The summed E-state index contributed by atoms with van der Waals surface area (Å²) in [5, 5.41) is 0. The first-order valence-electron chi connectivity index (χ1n) is 7.38. The van der Waals surface area contributed by atoms with E-state index in [1.165, 1.54) is 6.42 Å². The van der Waals surface area contributed by atoms with Gasteiger partial charge in [-0.05, 0) is 39.0 Å². The van der Waals surface area contributed by atoms with Gasteiger partial charge in [-0.2, -0.15) is 0 Å². The summed E-state index contributed by atoms with van der Waals surface area (Å²) in [6.07, 6.45) is 3.39. The zero-order valence-corrected chi connectivity index (χ0v) is 12.1. The van der Waals surface area contributed by atoms with E-state index in [0.29, 0.717) is 5.92 Å². The van der Waals surface area contributed by atoms with Gasteiger partial charge in [-0.3, -0.25) is 4.79 Å². The third-order valence-corrected chi connectivity index (χ3v) is 6.59. The molecule has 0 N–H and O–H groups in total. The molecule has 3 rings (SSSR count). The van der Waals surface area contributed by atoms with E-state index in [-0.39, 0.29) is 16.7 Å². The number of nitrogens with zero attached hydrogens (tertiary/aromatic N) is 1. The fourth-order valence-corrected chi connectivity index (χ4v) is 5.00. The molecule has 0 unspecified atom stereocenters. The van der Waals surface area contributed by atoms with E-state index in [4.69, 9.17) is 4.74 Å². The molecular formula is C15H25NO2. The van der Waals surface area contributed by atoms with Crippen molar-refractivity contribution in [2.24, 2.45) is 16.7 Å². The molecular weight excluding hydrogens is 226 g/mol. The van der Waals surface area contributed by atoms with Crippen LogP contribution in [-0.4, -0.2) is 36.1 Å². The summed E-state index contributed by atoms with van der Waals surface area (Å²) in [6, 6.07) is 0. The van der Waals surface area contributed by atoms with E-state index >= 15 is 0 Å². The van der Waals surface area contributed by atoms with Crippen LogP contribution < -0.4 is 0 Å². The van der Waals surface area contributed by atoms with Crippen molar-refractivity contribution in [2.45, 2.75) is 52.6 Å². The van der Waals surface area contributed by atoms with Crippen LogP contribution in [0.3, 0.4) is 0 Å². The number of hydrogen-bond acceptors (Lipinski definition) is 2. The van der Waals surface area contributed by atoms with Gasteiger partial charge in [0.15, 0.2) is 5.60 Å². The molecule has 3 fully saturated rings. The van der Waals surface area contributed by atoms with Gasteiger partial charge in [0.25, 0.3) is 5.91 Å². The first-order valence-corrected chi connectivity index (χ1v) is 7.38. The molecule has 102 valence electrons. The summed E-state index contributed by atoms with van der Waals surface area (Å²) in [6.45, 7) is 11.1. The van der Waals surface area contributed by atoms with Gasteiger partial charge in [-0.25, -0.2) is 0 Å². The van der Waals surface area contributed by atoms with Crippen molar-refractivity contribution in [3.63, 3.8) is 0 Å². The molecule has 4 bridgehead atoms. The van der Waals surface area contributed by atoms with Crippen LogP contribution >= 0.6 is 0 Å². The summed E-state index contributed by atoms with van der Waals surface area (Å²) >= 11 is 0. The maximum atomic E-state index is 12.9. The normalized spacial score (nSPS) is 48.8. The number of ether oxygens (including phenoxy) is 1. The van der Waals surface area contributed by atoms with Crippen LogP contribution in [0.2, 0.25) is 0 Å². The number of likely N-dealkylation sites (N-methyl/N-ethyl adjacent to an activating group) is 1. The van der Waals surface area contributed by atoms with E-state index in [1.54, 1.807) is 0 Å². The molecule has 1 aliphatic heterocycles. The van der Waals surface area contributed by atoms with Crippen molar-refractivity contribution in [3.05, 3.63) is 0 Å². The maximum absolute atomic E-state index is 12.9. The molecule has 0 aromatic carbocycles. The van der Waals surface area contributed by atoms with E-state index in [2.05, 4.69) is 27.7 Å². The van der Waals surface area contributed by atoms with Gasteiger partial charge in [-0.15, -0.1) is 0 Å². The smallest absolute Gasteiger partial charge is 0.255 e. The van der Waals surface area contributed by atoms with Crippen molar-refractivity contribution in [3.8, 4) is 0 Å². The van der Waals surface area contributed by atoms with E-state index in [9.17, 15) is 4.79 Å². The number of carbonyl (C=O) groups excluding carboxylic acids is 1. The first-order chi connectivity index (χ1) is 8.45. The second kappa shape index (κ2) is 3.50. The molecule has 0 aromatic rings. The van der Waals surface area contributed by atoms with Gasteiger partial charge in [0.05, 0.1) is 6.61 Å². The lowest BCUT2D eigenvalue weighted by Crippen LogP contribution is -2.56. The highest BCUT2D eigenvalue weighted by molar-refractivity contribution is 5.88.